The Kier molecular flexibility index (Phi) is 5.60. The number of carbonyl (C=O) groups excluding carboxylic acids is 2. The molecule has 0 saturated carbocycles. The molecule has 0 spiro atoms. The minimum Gasteiger partial charge on any atom is -0.488 e. The summed E-state index contributed by atoms with van der Waals surface area (Å²) in [6, 6.07) is 18.9. The molecule has 2 heterocycles. The van der Waals surface area contributed by atoms with Crippen molar-refractivity contribution in [1.29, 1.82) is 0 Å². The second kappa shape index (κ2) is 8.46. The van der Waals surface area contributed by atoms with Crippen molar-refractivity contribution < 1.29 is 14.3 Å². The van der Waals surface area contributed by atoms with E-state index in [9.17, 15) is 9.59 Å². The lowest BCUT2D eigenvalue weighted by Gasteiger charge is -2.27. The Bertz CT molecular complexity index is 803. The molecule has 0 aliphatic carbocycles. The Morgan fingerprint density at radius 1 is 0.929 bits per heavy atom. The van der Waals surface area contributed by atoms with Crippen LogP contribution in [0.15, 0.2) is 60.7 Å². The lowest BCUT2D eigenvalue weighted by atomic mass is 10.1. The van der Waals surface area contributed by atoms with Crippen LogP contribution in [0.5, 0.6) is 5.75 Å². The molecule has 2 amide bonds. The molecule has 2 aliphatic rings. The number of rotatable bonds is 5. The van der Waals surface area contributed by atoms with Gasteiger partial charge < -0.3 is 14.5 Å². The molecule has 2 atom stereocenters. The summed E-state index contributed by atoms with van der Waals surface area (Å²) in [5.74, 6) is 0.832. The fraction of sp³-hybridized carbons (Fsp3) is 0.391. The SMILES string of the molecule is O=C([C@@H]1C[C@H](Oc2ccccc2)CN1C(=O)Cc1ccccc1)N1CCCC1. The lowest BCUT2D eigenvalue weighted by Crippen LogP contribution is -2.47. The van der Waals surface area contributed by atoms with Crippen molar-refractivity contribution in [2.24, 2.45) is 0 Å². The van der Waals surface area contributed by atoms with Crippen LogP contribution in [0.3, 0.4) is 0 Å². The fourth-order valence-electron chi connectivity index (χ4n) is 4.10. The van der Waals surface area contributed by atoms with Crippen LogP contribution in [0.4, 0.5) is 0 Å². The summed E-state index contributed by atoms with van der Waals surface area (Å²) in [7, 11) is 0. The van der Waals surface area contributed by atoms with E-state index in [-0.39, 0.29) is 17.9 Å². The quantitative estimate of drug-likeness (QED) is 0.804. The Morgan fingerprint density at radius 3 is 2.25 bits per heavy atom. The first-order chi connectivity index (χ1) is 13.7. The molecule has 5 nitrogen and oxygen atoms in total. The average molecular weight is 378 g/mol. The molecular formula is C23H26N2O3. The van der Waals surface area contributed by atoms with Gasteiger partial charge in [-0.1, -0.05) is 48.5 Å². The van der Waals surface area contributed by atoms with Crippen LogP contribution in [-0.2, 0) is 16.0 Å². The average Bonchev–Trinajstić information content (AvgIpc) is 3.39. The Balaban J connectivity index is 1.50. The number of amides is 2. The second-order valence-electron chi connectivity index (χ2n) is 7.55. The maximum absolute atomic E-state index is 13.1. The number of benzene rings is 2. The molecule has 0 radical (unpaired) electrons. The maximum atomic E-state index is 13.1. The summed E-state index contributed by atoms with van der Waals surface area (Å²) in [4.78, 5) is 29.8. The van der Waals surface area contributed by atoms with Gasteiger partial charge in [-0.3, -0.25) is 9.59 Å². The van der Waals surface area contributed by atoms with Crippen LogP contribution in [0, 0.1) is 0 Å². The van der Waals surface area contributed by atoms with Gasteiger partial charge in [-0.05, 0) is 30.5 Å². The highest BCUT2D eigenvalue weighted by molar-refractivity contribution is 5.89. The van der Waals surface area contributed by atoms with E-state index < -0.39 is 6.04 Å². The number of carbonyl (C=O) groups is 2. The summed E-state index contributed by atoms with van der Waals surface area (Å²) in [6.07, 6.45) is 2.77. The van der Waals surface area contributed by atoms with Gasteiger partial charge in [0.1, 0.15) is 17.9 Å². The summed E-state index contributed by atoms with van der Waals surface area (Å²) >= 11 is 0. The number of ether oxygens (including phenoxy) is 1. The molecule has 28 heavy (non-hydrogen) atoms. The van der Waals surface area contributed by atoms with E-state index in [1.165, 1.54) is 0 Å². The van der Waals surface area contributed by atoms with Gasteiger partial charge in [-0.15, -0.1) is 0 Å². The van der Waals surface area contributed by atoms with Crippen molar-refractivity contribution in [2.45, 2.75) is 37.8 Å². The van der Waals surface area contributed by atoms with Gasteiger partial charge in [0, 0.05) is 19.5 Å². The summed E-state index contributed by atoms with van der Waals surface area (Å²) < 4.78 is 6.08. The first-order valence-electron chi connectivity index (χ1n) is 10.0. The van der Waals surface area contributed by atoms with Crippen molar-refractivity contribution >= 4 is 11.8 Å². The summed E-state index contributed by atoms with van der Waals surface area (Å²) in [6.45, 7) is 2.03. The predicted octanol–water partition coefficient (Wildman–Crippen LogP) is 2.90. The third kappa shape index (κ3) is 4.19. The molecule has 2 aliphatic heterocycles. The van der Waals surface area contributed by atoms with Gasteiger partial charge in [0.2, 0.25) is 11.8 Å². The molecule has 5 heteroatoms. The minimum absolute atomic E-state index is 0.0112. The third-order valence-electron chi connectivity index (χ3n) is 5.53. The van der Waals surface area contributed by atoms with E-state index in [0.29, 0.717) is 19.4 Å². The molecule has 2 aromatic carbocycles. The van der Waals surface area contributed by atoms with Crippen LogP contribution < -0.4 is 4.74 Å². The van der Waals surface area contributed by atoms with Crippen LogP contribution >= 0.6 is 0 Å². The van der Waals surface area contributed by atoms with Gasteiger partial charge in [-0.2, -0.15) is 0 Å². The highest BCUT2D eigenvalue weighted by Crippen LogP contribution is 2.26. The molecule has 4 rings (SSSR count). The highest BCUT2D eigenvalue weighted by Gasteiger charge is 2.42. The number of hydrogen-bond acceptors (Lipinski definition) is 3. The number of hydrogen-bond donors (Lipinski definition) is 0. The van der Waals surface area contributed by atoms with E-state index in [2.05, 4.69) is 0 Å². The molecule has 146 valence electrons. The minimum atomic E-state index is -0.428. The molecule has 0 bridgehead atoms. The monoisotopic (exact) mass is 378 g/mol. The molecule has 2 saturated heterocycles. The molecule has 2 aromatic rings. The summed E-state index contributed by atoms with van der Waals surface area (Å²) in [5, 5.41) is 0. The number of nitrogens with zero attached hydrogens (tertiary/aromatic N) is 2. The van der Waals surface area contributed by atoms with Crippen molar-refractivity contribution in [3.63, 3.8) is 0 Å². The van der Waals surface area contributed by atoms with Crippen LogP contribution in [0.1, 0.15) is 24.8 Å². The first kappa shape index (κ1) is 18.5. The Labute approximate surface area is 165 Å². The van der Waals surface area contributed by atoms with Gasteiger partial charge >= 0.3 is 0 Å². The number of likely N-dealkylation sites (tertiary alicyclic amines) is 2. The zero-order valence-electron chi connectivity index (χ0n) is 16.0. The zero-order valence-corrected chi connectivity index (χ0v) is 16.0. The normalized spacial score (nSPS) is 21.7. The van der Waals surface area contributed by atoms with Gasteiger partial charge in [0.05, 0.1) is 13.0 Å². The van der Waals surface area contributed by atoms with E-state index in [4.69, 9.17) is 4.74 Å². The molecule has 0 unspecified atom stereocenters. The molecule has 2 fully saturated rings. The van der Waals surface area contributed by atoms with Gasteiger partial charge in [0.25, 0.3) is 0 Å². The standard InChI is InChI=1S/C23H26N2O3/c26-22(15-18-9-3-1-4-10-18)25-17-20(28-19-11-5-2-6-12-19)16-21(25)23(27)24-13-7-8-14-24/h1-6,9-12,20-21H,7-8,13-17H2/t20-,21-/m0/s1. The predicted molar refractivity (Wildman–Crippen MR) is 107 cm³/mol. The largest absolute Gasteiger partial charge is 0.488 e. The lowest BCUT2D eigenvalue weighted by molar-refractivity contribution is -0.142. The van der Waals surface area contributed by atoms with Crippen molar-refractivity contribution in [3.05, 3.63) is 66.2 Å². The Morgan fingerprint density at radius 2 is 1.57 bits per heavy atom. The van der Waals surface area contributed by atoms with Gasteiger partial charge in [0.15, 0.2) is 0 Å². The van der Waals surface area contributed by atoms with E-state index in [1.807, 2.05) is 65.6 Å². The van der Waals surface area contributed by atoms with Crippen molar-refractivity contribution in [2.75, 3.05) is 19.6 Å². The first-order valence-corrected chi connectivity index (χ1v) is 10.0. The maximum Gasteiger partial charge on any atom is 0.245 e. The van der Waals surface area contributed by atoms with Crippen molar-refractivity contribution in [1.82, 2.24) is 9.80 Å². The van der Waals surface area contributed by atoms with Crippen LogP contribution in [0.25, 0.3) is 0 Å². The second-order valence-corrected chi connectivity index (χ2v) is 7.55. The van der Waals surface area contributed by atoms with Crippen LogP contribution in [-0.4, -0.2) is 53.4 Å². The smallest absolute Gasteiger partial charge is 0.245 e. The van der Waals surface area contributed by atoms with Gasteiger partial charge in [-0.25, -0.2) is 0 Å². The molecule has 0 aromatic heterocycles. The van der Waals surface area contributed by atoms with E-state index in [1.54, 1.807) is 4.90 Å². The third-order valence-corrected chi connectivity index (χ3v) is 5.53. The molecule has 0 N–H and O–H groups in total. The fourth-order valence-corrected chi connectivity index (χ4v) is 4.10. The Hall–Kier alpha value is -2.82. The number of para-hydroxylation sites is 1. The van der Waals surface area contributed by atoms with Crippen molar-refractivity contribution in [3.8, 4) is 5.75 Å². The topological polar surface area (TPSA) is 49.9 Å². The van der Waals surface area contributed by atoms with E-state index in [0.717, 1.165) is 37.2 Å². The van der Waals surface area contributed by atoms with E-state index >= 15 is 0 Å². The highest BCUT2D eigenvalue weighted by atomic mass is 16.5. The summed E-state index contributed by atoms with van der Waals surface area (Å²) in [5.41, 5.74) is 0.965. The molecular weight excluding hydrogens is 352 g/mol. The van der Waals surface area contributed by atoms with Crippen LogP contribution in [0.2, 0.25) is 0 Å². The zero-order chi connectivity index (χ0) is 19.3.